The third-order valence-corrected chi connectivity index (χ3v) is 5.41. The Morgan fingerprint density at radius 3 is 2.57 bits per heavy atom. The fourth-order valence-electron chi connectivity index (χ4n) is 3.79. The molecule has 0 radical (unpaired) electrons. The number of rotatable bonds is 4. The van der Waals surface area contributed by atoms with Gasteiger partial charge in [0.05, 0.1) is 26.4 Å². The van der Waals surface area contributed by atoms with Crippen molar-refractivity contribution >= 4 is 15.9 Å². The Hall–Kier alpha value is -0.740. The van der Waals surface area contributed by atoms with Crippen LogP contribution in [0.5, 0.6) is 11.5 Å². The molecule has 1 aliphatic carbocycles. The highest BCUT2D eigenvalue weighted by atomic mass is 79.9. The maximum atomic E-state index is 6.41. The number of hydrogen-bond donors (Lipinski definition) is 0. The first-order valence-corrected chi connectivity index (χ1v) is 8.85. The van der Waals surface area contributed by atoms with E-state index in [4.69, 9.17) is 14.2 Å². The zero-order valence-corrected chi connectivity index (χ0v) is 14.3. The number of fused-ring (bicyclic) bond motifs is 1. The normalized spacial score (nSPS) is 25.7. The van der Waals surface area contributed by atoms with Gasteiger partial charge in [-0.1, -0.05) is 34.8 Å². The third-order valence-electron chi connectivity index (χ3n) is 4.82. The Labute approximate surface area is 135 Å². The molecule has 0 bridgehead atoms. The highest BCUT2D eigenvalue weighted by molar-refractivity contribution is 9.09. The monoisotopic (exact) mass is 354 g/mol. The summed E-state index contributed by atoms with van der Waals surface area (Å²) in [7, 11) is 3.38. The molecule has 2 unspecified atom stereocenters. The average Bonchev–Trinajstić information content (AvgIpc) is 3.06. The van der Waals surface area contributed by atoms with Crippen molar-refractivity contribution in [1.29, 1.82) is 0 Å². The highest BCUT2D eigenvalue weighted by Gasteiger charge is 2.36. The lowest BCUT2D eigenvalue weighted by Crippen LogP contribution is -2.32. The summed E-state index contributed by atoms with van der Waals surface area (Å²) in [6.45, 7) is 0. The van der Waals surface area contributed by atoms with Crippen LogP contribution < -0.4 is 9.47 Å². The van der Waals surface area contributed by atoms with E-state index in [1.165, 1.54) is 31.2 Å². The van der Waals surface area contributed by atoms with E-state index < -0.39 is 0 Å². The van der Waals surface area contributed by atoms with Crippen LogP contribution in [0.25, 0.3) is 0 Å². The Morgan fingerprint density at radius 2 is 1.95 bits per heavy atom. The predicted octanol–water partition coefficient (Wildman–Crippen LogP) is 4.27. The predicted molar refractivity (Wildman–Crippen MR) is 86.6 cm³/mol. The van der Waals surface area contributed by atoms with Crippen molar-refractivity contribution in [3.8, 4) is 11.5 Å². The molecule has 1 aliphatic heterocycles. The van der Waals surface area contributed by atoms with Crippen LogP contribution in [-0.2, 0) is 11.2 Å². The molecule has 2 atom stereocenters. The van der Waals surface area contributed by atoms with Gasteiger partial charge in [0.1, 0.15) is 0 Å². The number of halogens is 1. The van der Waals surface area contributed by atoms with Crippen LogP contribution in [0.15, 0.2) is 12.1 Å². The van der Waals surface area contributed by atoms with Crippen molar-refractivity contribution in [3.05, 3.63) is 23.3 Å². The lowest BCUT2D eigenvalue weighted by molar-refractivity contribution is -0.0440. The highest BCUT2D eigenvalue weighted by Crippen LogP contribution is 2.45. The molecule has 1 aromatic rings. The molecular formula is C17H23BrO3. The van der Waals surface area contributed by atoms with E-state index in [1.54, 1.807) is 14.2 Å². The van der Waals surface area contributed by atoms with E-state index in [1.807, 2.05) is 6.07 Å². The molecule has 21 heavy (non-hydrogen) atoms. The van der Waals surface area contributed by atoms with Crippen LogP contribution in [0.3, 0.4) is 0 Å². The number of benzene rings is 1. The van der Waals surface area contributed by atoms with Gasteiger partial charge in [-0.05, 0) is 36.8 Å². The summed E-state index contributed by atoms with van der Waals surface area (Å²) in [6.07, 6.45) is 6.70. The van der Waals surface area contributed by atoms with Gasteiger partial charge in [0.2, 0.25) is 0 Å². The van der Waals surface area contributed by atoms with Crippen LogP contribution in [0, 0.1) is 5.92 Å². The van der Waals surface area contributed by atoms with Gasteiger partial charge >= 0.3 is 0 Å². The quantitative estimate of drug-likeness (QED) is 0.755. The van der Waals surface area contributed by atoms with E-state index in [9.17, 15) is 0 Å². The van der Waals surface area contributed by atoms with Gasteiger partial charge in [-0.2, -0.15) is 0 Å². The van der Waals surface area contributed by atoms with Crippen molar-refractivity contribution in [2.75, 3.05) is 19.5 Å². The molecule has 4 heteroatoms. The minimum absolute atomic E-state index is 0.0457. The Bertz CT molecular complexity index is 497. The molecule has 116 valence electrons. The van der Waals surface area contributed by atoms with Crippen LogP contribution >= 0.6 is 15.9 Å². The molecule has 3 rings (SSSR count). The Morgan fingerprint density at radius 1 is 1.19 bits per heavy atom. The van der Waals surface area contributed by atoms with E-state index in [-0.39, 0.29) is 6.10 Å². The lowest BCUT2D eigenvalue weighted by Gasteiger charge is -2.35. The number of hydrogen-bond acceptors (Lipinski definition) is 3. The molecule has 0 spiro atoms. The second kappa shape index (κ2) is 6.57. The summed E-state index contributed by atoms with van der Waals surface area (Å²) < 4.78 is 17.4. The van der Waals surface area contributed by atoms with E-state index in [0.29, 0.717) is 12.0 Å². The van der Waals surface area contributed by atoms with Gasteiger partial charge in [-0.3, -0.25) is 0 Å². The second-order valence-electron chi connectivity index (χ2n) is 5.94. The number of methoxy groups -OCH3 is 2. The van der Waals surface area contributed by atoms with Gasteiger partial charge in [0, 0.05) is 10.9 Å². The number of alkyl halides is 1. The Balaban J connectivity index is 1.96. The maximum absolute atomic E-state index is 6.41. The summed E-state index contributed by atoms with van der Waals surface area (Å²) in [5.74, 6) is 2.32. The van der Waals surface area contributed by atoms with Gasteiger partial charge in [-0.15, -0.1) is 0 Å². The standard InChI is InChI=1S/C17H23BrO3/c1-19-13-8-7-12-9-14(11-5-3-4-6-11)21-15(10-18)16(12)17(13)20-2/h7-8,11,14-15H,3-6,9-10H2,1-2H3. The lowest BCUT2D eigenvalue weighted by atomic mass is 9.87. The van der Waals surface area contributed by atoms with E-state index in [2.05, 4.69) is 22.0 Å². The van der Waals surface area contributed by atoms with Gasteiger partial charge in [0.15, 0.2) is 11.5 Å². The van der Waals surface area contributed by atoms with E-state index in [0.717, 1.165) is 28.8 Å². The topological polar surface area (TPSA) is 27.7 Å². The summed E-state index contributed by atoms with van der Waals surface area (Å²) in [5, 5.41) is 0.784. The molecule has 1 saturated carbocycles. The van der Waals surface area contributed by atoms with Gasteiger partial charge in [0.25, 0.3) is 0 Å². The maximum Gasteiger partial charge on any atom is 0.166 e. The molecule has 1 fully saturated rings. The minimum atomic E-state index is 0.0457. The summed E-state index contributed by atoms with van der Waals surface area (Å²) in [5.41, 5.74) is 2.50. The van der Waals surface area contributed by atoms with Crippen molar-refractivity contribution < 1.29 is 14.2 Å². The second-order valence-corrected chi connectivity index (χ2v) is 6.59. The fourth-order valence-corrected chi connectivity index (χ4v) is 4.26. The Kier molecular flexibility index (Phi) is 4.75. The molecule has 0 saturated heterocycles. The molecule has 1 heterocycles. The molecule has 3 nitrogen and oxygen atoms in total. The SMILES string of the molecule is COc1ccc2c(c1OC)C(CBr)OC(C1CCCC1)C2. The van der Waals surface area contributed by atoms with Crippen molar-refractivity contribution in [2.45, 2.75) is 44.3 Å². The molecule has 0 amide bonds. The van der Waals surface area contributed by atoms with Gasteiger partial charge < -0.3 is 14.2 Å². The molecule has 0 N–H and O–H groups in total. The first kappa shape index (κ1) is 15.2. The van der Waals surface area contributed by atoms with Crippen LogP contribution in [0.4, 0.5) is 0 Å². The first-order valence-electron chi connectivity index (χ1n) is 7.73. The van der Waals surface area contributed by atoms with Crippen LogP contribution in [0.1, 0.15) is 42.9 Å². The molecule has 2 aliphatic rings. The van der Waals surface area contributed by atoms with E-state index >= 15 is 0 Å². The first-order chi connectivity index (χ1) is 10.3. The van der Waals surface area contributed by atoms with Gasteiger partial charge in [-0.25, -0.2) is 0 Å². The van der Waals surface area contributed by atoms with Crippen LogP contribution in [0.2, 0.25) is 0 Å². The third kappa shape index (κ3) is 2.80. The molecule has 0 aromatic heterocycles. The van der Waals surface area contributed by atoms with Crippen molar-refractivity contribution in [1.82, 2.24) is 0 Å². The molecule has 1 aromatic carbocycles. The fraction of sp³-hybridized carbons (Fsp3) is 0.647. The summed E-state index contributed by atoms with van der Waals surface area (Å²) >= 11 is 3.61. The summed E-state index contributed by atoms with van der Waals surface area (Å²) in [4.78, 5) is 0. The van der Waals surface area contributed by atoms with Crippen LogP contribution in [-0.4, -0.2) is 25.7 Å². The largest absolute Gasteiger partial charge is 0.493 e. The zero-order chi connectivity index (χ0) is 14.8. The molecular weight excluding hydrogens is 332 g/mol. The number of ether oxygens (including phenoxy) is 3. The summed E-state index contributed by atoms with van der Waals surface area (Å²) in [6, 6.07) is 4.19. The smallest absolute Gasteiger partial charge is 0.166 e. The average molecular weight is 355 g/mol. The zero-order valence-electron chi connectivity index (χ0n) is 12.7. The van der Waals surface area contributed by atoms with Crippen molar-refractivity contribution in [2.24, 2.45) is 5.92 Å². The minimum Gasteiger partial charge on any atom is -0.493 e. The van der Waals surface area contributed by atoms with Crippen molar-refractivity contribution in [3.63, 3.8) is 0 Å².